The lowest BCUT2D eigenvalue weighted by atomic mass is 10.1. The van der Waals surface area contributed by atoms with Gasteiger partial charge in [0.1, 0.15) is 12.7 Å². The Morgan fingerprint density at radius 1 is 1.33 bits per heavy atom. The summed E-state index contributed by atoms with van der Waals surface area (Å²) >= 11 is 5.98. The van der Waals surface area contributed by atoms with Crippen LogP contribution < -0.4 is 10.6 Å². The van der Waals surface area contributed by atoms with E-state index in [1.165, 1.54) is 6.33 Å². The first-order valence-electron chi connectivity index (χ1n) is 7.68. The summed E-state index contributed by atoms with van der Waals surface area (Å²) in [6, 6.07) is 4.80. The lowest BCUT2D eigenvalue weighted by Gasteiger charge is -2.13. The van der Waals surface area contributed by atoms with Crippen molar-refractivity contribution >= 4 is 29.1 Å². The Hall–Kier alpha value is -2.41. The Morgan fingerprint density at radius 2 is 2.12 bits per heavy atom. The lowest BCUT2D eigenvalue weighted by molar-refractivity contribution is -0.116. The van der Waals surface area contributed by atoms with E-state index in [0.717, 1.165) is 0 Å². The average molecular weight is 350 g/mol. The molecule has 2 amide bonds. The molecule has 0 atom stereocenters. The van der Waals surface area contributed by atoms with Crippen LogP contribution in [-0.4, -0.2) is 32.6 Å². The number of aromatic nitrogens is 3. The first-order valence-corrected chi connectivity index (χ1v) is 8.06. The molecule has 2 N–H and O–H groups in total. The predicted octanol–water partition coefficient (Wildman–Crippen LogP) is 2.49. The molecule has 7 nitrogen and oxygen atoms in total. The first kappa shape index (κ1) is 17.9. The Balaban J connectivity index is 1.98. The lowest BCUT2D eigenvalue weighted by Crippen LogP contribution is -2.31. The van der Waals surface area contributed by atoms with Crippen LogP contribution in [0.3, 0.4) is 0 Å². The van der Waals surface area contributed by atoms with Crippen LogP contribution in [0, 0.1) is 0 Å². The molecule has 0 saturated carbocycles. The molecule has 0 radical (unpaired) electrons. The summed E-state index contributed by atoms with van der Waals surface area (Å²) in [4.78, 5) is 28.2. The zero-order valence-electron chi connectivity index (χ0n) is 13.6. The zero-order chi connectivity index (χ0) is 17.5. The van der Waals surface area contributed by atoms with Gasteiger partial charge in [0, 0.05) is 24.0 Å². The van der Waals surface area contributed by atoms with Gasteiger partial charge in [-0.25, -0.2) is 4.98 Å². The van der Waals surface area contributed by atoms with Gasteiger partial charge in [-0.15, -0.1) is 0 Å². The second-order valence-electron chi connectivity index (χ2n) is 5.63. The summed E-state index contributed by atoms with van der Waals surface area (Å²) in [5.74, 6) is -0.435. The first-order chi connectivity index (χ1) is 11.5. The fraction of sp³-hybridized carbons (Fsp3) is 0.375. The monoisotopic (exact) mass is 349 g/mol. The second-order valence-corrected chi connectivity index (χ2v) is 6.06. The summed E-state index contributed by atoms with van der Waals surface area (Å²) in [5, 5.41) is 9.99. The molecule has 2 aromatic rings. The summed E-state index contributed by atoms with van der Waals surface area (Å²) in [6.45, 7) is 4.34. The van der Waals surface area contributed by atoms with Crippen molar-refractivity contribution < 1.29 is 9.59 Å². The molecular formula is C16H20ClN5O2. The maximum absolute atomic E-state index is 12.2. The van der Waals surface area contributed by atoms with Crippen molar-refractivity contribution in [3.63, 3.8) is 0 Å². The minimum atomic E-state index is -0.250. The summed E-state index contributed by atoms with van der Waals surface area (Å²) in [7, 11) is 0. The van der Waals surface area contributed by atoms with Crippen LogP contribution >= 0.6 is 11.6 Å². The van der Waals surface area contributed by atoms with Crippen molar-refractivity contribution in [1.82, 2.24) is 20.1 Å². The Labute approximate surface area is 145 Å². The number of hydrogen-bond acceptors (Lipinski definition) is 4. The number of halogens is 1. The SMILES string of the molecule is CC(C)NC(=O)c1ccc(Cl)cc1NC(=O)CCCn1cncn1. The van der Waals surface area contributed by atoms with E-state index in [-0.39, 0.29) is 17.9 Å². The van der Waals surface area contributed by atoms with Crippen LogP contribution in [0.5, 0.6) is 0 Å². The summed E-state index contributed by atoms with van der Waals surface area (Å²) in [6.07, 6.45) is 3.97. The highest BCUT2D eigenvalue weighted by Crippen LogP contribution is 2.21. The van der Waals surface area contributed by atoms with Gasteiger partial charge in [0.15, 0.2) is 0 Å². The van der Waals surface area contributed by atoms with Gasteiger partial charge in [0.05, 0.1) is 11.3 Å². The molecule has 1 aromatic carbocycles. The minimum Gasteiger partial charge on any atom is -0.350 e. The zero-order valence-corrected chi connectivity index (χ0v) is 14.4. The number of carbonyl (C=O) groups excluding carboxylic acids is 2. The molecule has 2 rings (SSSR count). The van der Waals surface area contributed by atoms with Crippen molar-refractivity contribution in [2.45, 2.75) is 39.3 Å². The molecular weight excluding hydrogens is 330 g/mol. The molecule has 0 aliphatic heterocycles. The van der Waals surface area contributed by atoms with Crippen LogP contribution in [0.1, 0.15) is 37.0 Å². The molecule has 0 aliphatic rings. The average Bonchev–Trinajstić information content (AvgIpc) is 2.99. The van der Waals surface area contributed by atoms with Crippen LogP contribution in [0.2, 0.25) is 5.02 Å². The Kier molecular flexibility index (Phi) is 6.31. The highest BCUT2D eigenvalue weighted by Gasteiger charge is 2.14. The number of aryl methyl sites for hydroxylation is 1. The smallest absolute Gasteiger partial charge is 0.253 e. The van der Waals surface area contributed by atoms with Crippen molar-refractivity contribution in [2.24, 2.45) is 0 Å². The van der Waals surface area contributed by atoms with Crippen molar-refractivity contribution in [3.8, 4) is 0 Å². The van der Waals surface area contributed by atoms with E-state index in [1.54, 1.807) is 29.2 Å². The molecule has 0 fully saturated rings. The van der Waals surface area contributed by atoms with Gasteiger partial charge in [0.25, 0.3) is 5.91 Å². The van der Waals surface area contributed by atoms with E-state index < -0.39 is 0 Å². The van der Waals surface area contributed by atoms with Gasteiger partial charge in [-0.1, -0.05) is 11.6 Å². The molecule has 1 aromatic heterocycles. The third kappa shape index (κ3) is 5.34. The molecule has 0 spiro atoms. The topological polar surface area (TPSA) is 88.9 Å². The molecule has 1 heterocycles. The van der Waals surface area contributed by atoms with Gasteiger partial charge in [-0.2, -0.15) is 5.10 Å². The number of benzene rings is 1. The molecule has 0 aliphatic carbocycles. The van der Waals surface area contributed by atoms with Gasteiger partial charge in [-0.3, -0.25) is 14.3 Å². The molecule has 128 valence electrons. The van der Waals surface area contributed by atoms with Crippen LogP contribution in [0.15, 0.2) is 30.9 Å². The third-order valence-electron chi connectivity index (χ3n) is 3.18. The van der Waals surface area contributed by atoms with E-state index in [0.29, 0.717) is 35.7 Å². The summed E-state index contributed by atoms with van der Waals surface area (Å²) in [5.41, 5.74) is 0.795. The van der Waals surface area contributed by atoms with E-state index in [1.807, 2.05) is 13.8 Å². The molecule has 8 heteroatoms. The predicted molar refractivity (Wildman–Crippen MR) is 91.9 cm³/mol. The molecule has 0 saturated heterocycles. The quantitative estimate of drug-likeness (QED) is 0.803. The molecule has 24 heavy (non-hydrogen) atoms. The number of hydrogen-bond donors (Lipinski definition) is 2. The number of anilines is 1. The standard InChI is InChI=1S/C16H20ClN5O2/c1-11(2)20-16(24)13-6-5-12(17)8-14(13)21-15(23)4-3-7-22-10-18-9-19-22/h5-6,8-11H,3-4,7H2,1-2H3,(H,20,24)(H,21,23). The molecule has 0 bridgehead atoms. The number of carbonyl (C=O) groups is 2. The highest BCUT2D eigenvalue weighted by molar-refractivity contribution is 6.31. The summed E-state index contributed by atoms with van der Waals surface area (Å²) < 4.78 is 1.66. The van der Waals surface area contributed by atoms with Gasteiger partial charge in [0.2, 0.25) is 5.91 Å². The normalized spacial score (nSPS) is 10.7. The van der Waals surface area contributed by atoms with Gasteiger partial charge in [-0.05, 0) is 38.5 Å². The van der Waals surface area contributed by atoms with E-state index >= 15 is 0 Å². The van der Waals surface area contributed by atoms with Crippen molar-refractivity contribution in [1.29, 1.82) is 0 Å². The molecule has 0 unspecified atom stereocenters. The maximum atomic E-state index is 12.2. The fourth-order valence-electron chi connectivity index (χ4n) is 2.12. The Bertz CT molecular complexity index is 700. The fourth-order valence-corrected chi connectivity index (χ4v) is 2.29. The maximum Gasteiger partial charge on any atom is 0.253 e. The number of rotatable bonds is 7. The van der Waals surface area contributed by atoms with Gasteiger partial charge >= 0.3 is 0 Å². The largest absolute Gasteiger partial charge is 0.350 e. The number of amides is 2. The van der Waals surface area contributed by atoms with E-state index in [9.17, 15) is 9.59 Å². The van der Waals surface area contributed by atoms with Crippen LogP contribution in [-0.2, 0) is 11.3 Å². The van der Waals surface area contributed by atoms with E-state index in [4.69, 9.17) is 11.6 Å². The van der Waals surface area contributed by atoms with E-state index in [2.05, 4.69) is 20.7 Å². The number of nitrogens with zero attached hydrogens (tertiary/aromatic N) is 3. The van der Waals surface area contributed by atoms with Crippen molar-refractivity contribution in [3.05, 3.63) is 41.4 Å². The van der Waals surface area contributed by atoms with Gasteiger partial charge < -0.3 is 10.6 Å². The highest BCUT2D eigenvalue weighted by atomic mass is 35.5. The Morgan fingerprint density at radius 3 is 2.79 bits per heavy atom. The second kappa shape index (κ2) is 8.44. The van der Waals surface area contributed by atoms with Crippen LogP contribution in [0.4, 0.5) is 5.69 Å². The van der Waals surface area contributed by atoms with Crippen molar-refractivity contribution in [2.75, 3.05) is 5.32 Å². The van der Waals surface area contributed by atoms with Crippen LogP contribution in [0.25, 0.3) is 0 Å². The third-order valence-corrected chi connectivity index (χ3v) is 3.41. The minimum absolute atomic E-state index is 0.000547. The number of nitrogens with one attached hydrogen (secondary N) is 2.